The third-order valence-corrected chi connectivity index (χ3v) is 1.51. The molecule has 0 fully saturated rings. The minimum atomic E-state index is -2.20. The molecule has 0 saturated heterocycles. The van der Waals surface area contributed by atoms with Crippen molar-refractivity contribution in [2.24, 2.45) is 0 Å². The number of carboxylic acids is 1. The molecule has 7 nitrogen and oxygen atoms in total. The van der Waals surface area contributed by atoms with E-state index < -0.39 is 37.0 Å². The van der Waals surface area contributed by atoms with Gasteiger partial charge in [0, 0.05) is 0 Å². The summed E-state index contributed by atoms with van der Waals surface area (Å²) in [6.07, 6.45) is -7.84. The Morgan fingerprint density at radius 1 is 1.07 bits per heavy atom. The number of aliphatic hydroxyl groups excluding tert-OH is 5. The van der Waals surface area contributed by atoms with E-state index >= 15 is 0 Å². The topological polar surface area (TPSA) is 138 Å². The molecule has 86 valence electrons. The van der Waals surface area contributed by atoms with Crippen LogP contribution in [0.15, 0.2) is 0 Å². The average Bonchev–Trinajstić information content (AvgIpc) is 2.12. The second-order valence-corrected chi connectivity index (χ2v) is 2.51. The van der Waals surface area contributed by atoms with Crippen LogP contribution < -0.4 is 0 Å². The standard InChI is InChI=1S/C6H12O7.H3P/c7-1-2(8)3(9)4(10)5(11)6(12)13;/h2-5,7-11H,1H2,(H,12,13);1H3/t2-,3-,4+,5-;/m1./s1. The fourth-order valence-corrected chi connectivity index (χ4v) is 0.668. The first kappa shape index (κ1) is 16.1. The average molecular weight is 230 g/mol. The first-order chi connectivity index (χ1) is 5.91. The number of carbonyl (C=O) groups is 1. The van der Waals surface area contributed by atoms with E-state index in [1.807, 2.05) is 0 Å². The van der Waals surface area contributed by atoms with E-state index in [-0.39, 0.29) is 9.90 Å². The molecule has 0 aliphatic rings. The summed E-state index contributed by atoms with van der Waals surface area (Å²) in [7, 11) is 0. The lowest BCUT2D eigenvalue weighted by molar-refractivity contribution is -0.164. The molecular weight excluding hydrogens is 215 g/mol. The number of aliphatic carboxylic acids is 1. The molecule has 0 aromatic heterocycles. The summed E-state index contributed by atoms with van der Waals surface area (Å²) in [6, 6.07) is 0. The zero-order chi connectivity index (χ0) is 10.6. The van der Waals surface area contributed by atoms with Crippen LogP contribution in [0.4, 0.5) is 0 Å². The second kappa shape index (κ2) is 7.05. The van der Waals surface area contributed by atoms with Crippen molar-refractivity contribution >= 4 is 15.9 Å². The predicted molar refractivity (Wildman–Crippen MR) is 49.9 cm³/mol. The summed E-state index contributed by atoms with van der Waals surface area (Å²) in [5.74, 6) is -1.73. The quantitative estimate of drug-likeness (QED) is 0.270. The monoisotopic (exact) mass is 230 g/mol. The van der Waals surface area contributed by atoms with Crippen molar-refractivity contribution in [2.45, 2.75) is 24.4 Å². The van der Waals surface area contributed by atoms with Gasteiger partial charge in [0.15, 0.2) is 6.10 Å². The summed E-state index contributed by atoms with van der Waals surface area (Å²) in [5.41, 5.74) is 0. The Bertz CT molecular complexity index is 176. The van der Waals surface area contributed by atoms with Crippen LogP contribution in [0.1, 0.15) is 0 Å². The van der Waals surface area contributed by atoms with Crippen LogP contribution in [0.2, 0.25) is 0 Å². The van der Waals surface area contributed by atoms with Crippen molar-refractivity contribution in [1.82, 2.24) is 0 Å². The molecule has 0 bridgehead atoms. The molecule has 0 amide bonds. The highest BCUT2D eigenvalue weighted by atomic mass is 31.0. The molecule has 0 radical (unpaired) electrons. The molecule has 0 aliphatic carbocycles. The van der Waals surface area contributed by atoms with Gasteiger partial charge >= 0.3 is 5.97 Å². The highest BCUT2D eigenvalue weighted by Gasteiger charge is 2.33. The molecule has 0 saturated carbocycles. The zero-order valence-corrected chi connectivity index (χ0v) is 8.73. The molecule has 14 heavy (non-hydrogen) atoms. The van der Waals surface area contributed by atoms with Crippen LogP contribution in [0.3, 0.4) is 0 Å². The summed E-state index contributed by atoms with van der Waals surface area (Å²) < 4.78 is 0. The SMILES string of the molecule is O=C(O)[C@H](O)[C@@H](O)[C@H](O)[C@H](O)CO.P. The lowest BCUT2D eigenvalue weighted by Gasteiger charge is -2.23. The highest BCUT2D eigenvalue weighted by Crippen LogP contribution is 2.04. The molecular formula is C6H15O7P. The van der Waals surface area contributed by atoms with E-state index in [1.165, 1.54) is 0 Å². The van der Waals surface area contributed by atoms with Gasteiger partial charge in [0.1, 0.15) is 18.3 Å². The Labute approximate surface area is 83.2 Å². The number of hydrogen-bond donors (Lipinski definition) is 6. The molecule has 6 N–H and O–H groups in total. The molecule has 1 unspecified atom stereocenters. The van der Waals surface area contributed by atoms with Crippen LogP contribution in [0, 0.1) is 0 Å². The first-order valence-corrected chi connectivity index (χ1v) is 3.47. The van der Waals surface area contributed by atoms with E-state index in [1.54, 1.807) is 0 Å². The third-order valence-electron chi connectivity index (χ3n) is 1.51. The van der Waals surface area contributed by atoms with E-state index in [4.69, 9.17) is 30.6 Å². The first-order valence-electron chi connectivity index (χ1n) is 3.47. The maximum Gasteiger partial charge on any atom is 0.335 e. The smallest absolute Gasteiger partial charge is 0.335 e. The molecule has 0 heterocycles. The molecule has 0 rings (SSSR count). The normalized spacial score (nSPS) is 18.9. The predicted octanol–water partition coefficient (Wildman–Crippen LogP) is -3.44. The van der Waals surface area contributed by atoms with E-state index in [0.717, 1.165) is 0 Å². The van der Waals surface area contributed by atoms with Crippen LogP contribution in [0.5, 0.6) is 0 Å². The van der Waals surface area contributed by atoms with Gasteiger partial charge in [0.25, 0.3) is 0 Å². The third kappa shape index (κ3) is 4.28. The fourth-order valence-electron chi connectivity index (χ4n) is 0.668. The minimum Gasteiger partial charge on any atom is -0.479 e. The molecule has 8 heteroatoms. The molecule has 0 aromatic rings. The van der Waals surface area contributed by atoms with Crippen molar-refractivity contribution in [3.63, 3.8) is 0 Å². The maximum absolute atomic E-state index is 10.1. The van der Waals surface area contributed by atoms with Crippen molar-refractivity contribution in [1.29, 1.82) is 0 Å². The van der Waals surface area contributed by atoms with Crippen molar-refractivity contribution in [3.05, 3.63) is 0 Å². The van der Waals surface area contributed by atoms with Crippen LogP contribution in [-0.4, -0.2) is 67.6 Å². The van der Waals surface area contributed by atoms with Gasteiger partial charge in [-0.3, -0.25) is 0 Å². The van der Waals surface area contributed by atoms with Crippen molar-refractivity contribution in [3.8, 4) is 0 Å². The second-order valence-electron chi connectivity index (χ2n) is 2.51. The Balaban J connectivity index is 0. The minimum absolute atomic E-state index is 0. The Hall–Kier alpha value is -0.300. The highest BCUT2D eigenvalue weighted by molar-refractivity contribution is 6.92. The zero-order valence-electron chi connectivity index (χ0n) is 7.32. The Kier molecular flexibility index (Phi) is 8.13. The summed E-state index contributed by atoms with van der Waals surface area (Å²) in [5, 5.41) is 51.8. The van der Waals surface area contributed by atoms with Gasteiger partial charge in [0.2, 0.25) is 0 Å². The van der Waals surface area contributed by atoms with Crippen LogP contribution >= 0.6 is 9.90 Å². The van der Waals surface area contributed by atoms with Crippen LogP contribution in [-0.2, 0) is 4.79 Å². The number of rotatable bonds is 5. The lowest BCUT2D eigenvalue weighted by Crippen LogP contribution is -2.48. The van der Waals surface area contributed by atoms with Gasteiger partial charge in [-0.15, -0.1) is 0 Å². The maximum atomic E-state index is 10.1. The molecule has 0 aromatic carbocycles. The van der Waals surface area contributed by atoms with E-state index in [0.29, 0.717) is 0 Å². The van der Waals surface area contributed by atoms with Gasteiger partial charge in [-0.05, 0) is 0 Å². The number of hydrogen-bond acceptors (Lipinski definition) is 6. The number of aliphatic hydroxyl groups is 5. The Morgan fingerprint density at radius 3 is 1.79 bits per heavy atom. The van der Waals surface area contributed by atoms with Crippen molar-refractivity contribution in [2.75, 3.05) is 6.61 Å². The van der Waals surface area contributed by atoms with Gasteiger partial charge in [-0.25, -0.2) is 4.79 Å². The van der Waals surface area contributed by atoms with E-state index in [9.17, 15) is 4.79 Å². The lowest BCUT2D eigenvalue weighted by atomic mass is 10.0. The molecule has 0 aliphatic heterocycles. The van der Waals surface area contributed by atoms with Gasteiger partial charge < -0.3 is 30.6 Å². The van der Waals surface area contributed by atoms with Gasteiger partial charge in [-0.1, -0.05) is 0 Å². The van der Waals surface area contributed by atoms with E-state index in [2.05, 4.69) is 0 Å². The fraction of sp³-hybridized carbons (Fsp3) is 0.833. The largest absolute Gasteiger partial charge is 0.479 e. The number of carboxylic acid groups (broad SMARTS) is 1. The molecule has 0 spiro atoms. The summed E-state index contributed by atoms with van der Waals surface area (Å²) in [6.45, 7) is -0.843. The van der Waals surface area contributed by atoms with Gasteiger partial charge in [0.05, 0.1) is 6.61 Å². The summed E-state index contributed by atoms with van der Waals surface area (Å²) in [4.78, 5) is 10.1. The van der Waals surface area contributed by atoms with Crippen LogP contribution in [0.25, 0.3) is 0 Å². The Morgan fingerprint density at radius 2 is 1.50 bits per heavy atom. The molecule has 5 atom stereocenters. The van der Waals surface area contributed by atoms with Crippen molar-refractivity contribution < 1.29 is 35.4 Å². The van der Waals surface area contributed by atoms with Gasteiger partial charge in [-0.2, -0.15) is 9.90 Å². The summed E-state index contributed by atoms with van der Waals surface area (Å²) >= 11 is 0.